The zero-order valence-electron chi connectivity index (χ0n) is 23.1. The van der Waals surface area contributed by atoms with Gasteiger partial charge in [0.25, 0.3) is 0 Å². The van der Waals surface area contributed by atoms with E-state index in [2.05, 4.69) is 12.2 Å². The summed E-state index contributed by atoms with van der Waals surface area (Å²) in [6.45, 7) is 4.58. The van der Waals surface area contributed by atoms with E-state index in [0.29, 0.717) is 13.2 Å². The van der Waals surface area contributed by atoms with Gasteiger partial charge in [-0.2, -0.15) is 0 Å². The predicted molar refractivity (Wildman–Crippen MR) is 145 cm³/mol. The largest absolute Gasteiger partial charge is 0.458 e. The van der Waals surface area contributed by atoms with Crippen LogP contribution in [-0.2, 0) is 23.4 Å². The molecular formula is C27H56NO6P. The first kappa shape index (κ1) is 34.5. The molecule has 7 nitrogen and oxygen atoms in total. The molecule has 0 aromatic rings. The summed E-state index contributed by atoms with van der Waals surface area (Å²) in [5.74, 6) is -0.456. The lowest BCUT2D eigenvalue weighted by Gasteiger charge is -2.19. The van der Waals surface area contributed by atoms with Crippen LogP contribution >= 0.6 is 7.60 Å². The number of esters is 1. The second-order valence-electron chi connectivity index (χ2n) is 9.72. The van der Waals surface area contributed by atoms with Crippen LogP contribution in [0.4, 0.5) is 0 Å². The smallest absolute Gasteiger partial charge is 0.329 e. The number of unbranched alkanes of at least 4 members (excludes halogenated alkanes) is 16. The summed E-state index contributed by atoms with van der Waals surface area (Å²) < 4.78 is 27.8. The molecule has 0 spiro atoms. The molecule has 0 aliphatic carbocycles. The fraction of sp³-hybridized carbons (Fsp3) is 0.963. The molecule has 0 amide bonds. The summed E-state index contributed by atoms with van der Waals surface area (Å²) in [7, 11) is -1.99. The van der Waals surface area contributed by atoms with Crippen molar-refractivity contribution in [1.82, 2.24) is 5.32 Å². The monoisotopic (exact) mass is 521 g/mol. The molecule has 0 heterocycles. The van der Waals surface area contributed by atoms with Crippen molar-refractivity contribution >= 4 is 13.6 Å². The van der Waals surface area contributed by atoms with Gasteiger partial charge in [0.15, 0.2) is 0 Å². The summed E-state index contributed by atoms with van der Waals surface area (Å²) in [4.78, 5) is 21.1. The van der Waals surface area contributed by atoms with Crippen molar-refractivity contribution in [2.45, 2.75) is 129 Å². The van der Waals surface area contributed by atoms with E-state index in [4.69, 9.17) is 14.0 Å². The molecule has 210 valence electrons. The molecular weight excluding hydrogens is 465 g/mol. The molecule has 8 heteroatoms. The maximum atomic E-state index is 11.9. The summed E-state index contributed by atoms with van der Waals surface area (Å²) in [6, 6.07) is 0. The average Bonchev–Trinajstić information content (AvgIpc) is 2.82. The van der Waals surface area contributed by atoms with Crippen LogP contribution in [0.15, 0.2) is 0 Å². The molecule has 0 fully saturated rings. The van der Waals surface area contributed by atoms with Gasteiger partial charge in [-0.15, -0.1) is 0 Å². The van der Waals surface area contributed by atoms with E-state index < -0.39 is 19.7 Å². The molecule has 0 bridgehead atoms. The van der Waals surface area contributed by atoms with Crippen molar-refractivity contribution in [2.24, 2.45) is 0 Å². The highest BCUT2D eigenvalue weighted by Gasteiger charge is 2.22. The molecule has 2 N–H and O–H groups in total. The van der Waals surface area contributed by atoms with Gasteiger partial charge in [0.2, 0.25) is 0 Å². The van der Waals surface area contributed by atoms with E-state index in [1.165, 1.54) is 103 Å². The first-order valence-corrected chi connectivity index (χ1v) is 16.0. The first-order chi connectivity index (χ1) is 16.9. The Hall–Kier alpha value is -0.460. The molecule has 2 unspecified atom stereocenters. The molecule has 0 aromatic heterocycles. The van der Waals surface area contributed by atoms with Crippen molar-refractivity contribution in [3.05, 3.63) is 0 Å². The Morgan fingerprint density at radius 2 is 1.26 bits per heavy atom. The van der Waals surface area contributed by atoms with Crippen molar-refractivity contribution in [2.75, 3.05) is 39.6 Å². The van der Waals surface area contributed by atoms with Gasteiger partial charge in [-0.25, -0.2) is 0 Å². The van der Waals surface area contributed by atoms with Gasteiger partial charge < -0.3 is 24.2 Å². The Bertz CT molecular complexity index is 520. The third-order valence-electron chi connectivity index (χ3n) is 6.14. The zero-order chi connectivity index (χ0) is 26.0. The Balaban J connectivity index is 3.54. The Morgan fingerprint density at radius 3 is 1.69 bits per heavy atom. The third kappa shape index (κ3) is 26.4. The number of hydrogen-bond donors (Lipinski definition) is 2. The van der Waals surface area contributed by atoms with Crippen LogP contribution in [0, 0.1) is 0 Å². The fourth-order valence-corrected chi connectivity index (χ4v) is 5.05. The maximum Gasteiger partial charge on any atom is 0.329 e. The number of hydrogen-bond acceptors (Lipinski definition) is 6. The number of carbonyl (C=O) groups excluding carboxylic acids is 1. The third-order valence-corrected chi connectivity index (χ3v) is 7.48. The van der Waals surface area contributed by atoms with E-state index in [-0.39, 0.29) is 19.4 Å². The van der Waals surface area contributed by atoms with E-state index >= 15 is 0 Å². The van der Waals surface area contributed by atoms with Gasteiger partial charge in [0.1, 0.15) is 6.10 Å². The Morgan fingerprint density at radius 1 is 0.800 bits per heavy atom. The molecule has 0 aliphatic heterocycles. The van der Waals surface area contributed by atoms with Gasteiger partial charge in [-0.3, -0.25) is 9.36 Å². The van der Waals surface area contributed by atoms with Crippen LogP contribution in [0.5, 0.6) is 0 Å². The van der Waals surface area contributed by atoms with Gasteiger partial charge >= 0.3 is 13.6 Å². The minimum absolute atomic E-state index is 0.0103. The summed E-state index contributed by atoms with van der Waals surface area (Å²) in [6.07, 6.45) is 22.0. The predicted octanol–water partition coefficient (Wildman–Crippen LogP) is 7.01. The normalized spacial score (nSPS) is 14.1. The molecule has 35 heavy (non-hydrogen) atoms. The van der Waals surface area contributed by atoms with E-state index in [1.54, 1.807) is 7.05 Å². The van der Waals surface area contributed by atoms with Gasteiger partial charge in [-0.05, 0) is 13.5 Å². The highest BCUT2D eigenvalue weighted by Crippen LogP contribution is 2.41. The van der Waals surface area contributed by atoms with Crippen LogP contribution in [-0.4, -0.2) is 56.5 Å². The maximum absolute atomic E-state index is 11.9. The number of rotatable bonds is 27. The lowest BCUT2D eigenvalue weighted by molar-refractivity contribution is -0.151. The lowest BCUT2D eigenvalue weighted by atomic mass is 10.0. The average molecular weight is 522 g/mol. The van der Waals surface area contributed by atoms with Crippen molar-refractivity contribution in [1.29, 1.82) is 0 Å². The second kappa shape index (κ2) is 25.2. The van der Waals surface area contributed by atoms with Crippen molar-refractivity contribution in [3.8, 4) is 0 Å². The fourth-order valence-electron chi connectivity index (χ4n) is 4.01. The van der Waals surface area contributed by atoms with Gasteiger partial charge in [0, 0.05) is 20.1 Å². The topological polar surface area (TPSA) is 94.1 Å². The highest BCUT2D eigenvalue weighted by molar-refractivity contribution is 7.52. The quantitative estimate of drug-likeness (QED) is 0.0682. The van der Waals surface area contributed by atoms with Crippen LogP contribution in [0.2, 0.25) is 0 Å². The molecule has 2 atom stereocenters. The van der Waals surface area contributed by atoms with Gasteiger partial charge in [0.05, 0.1) is 19.4 Å². The highest BCUT2D eigenvalue weighted by atomic mass is 31.2. The summed E-state index contributed by atoms with van der Waals surface area (Å²) in [5.41, 5.74) is 0. The Labute approximate surface area is 216 Å². The number of ether oxygens (including phenoxy) is 2. The van der Waals surface area contributed by atoms with E-state index in [9.17, 15) is 14.3 Å². The number of carbonyl (C=O) groups is 1. The van der Waals surface area contributed by atoms with Crippen LogP contribution in [0.3, 0.4) is 0 Å². The van der Waals surface area contributed by atoms with E-state index in [1.807, 2.05) is 0 Å². The van der Waals surface area contributed by atoms with Crippen molar-refractivity contribution in [3.63, 3.8) is 0 Å². The summed E-state index contributed by atoms with van der Waals surface area (Å²) in [5, 5.41) is 2.81. The van der Waals surface area contributed by atoms with Crippen LogP contribution in [0.1, 0.15) is 123 Å². The SMILES string of the molecule is CCCCCCCCCCCCCCCCCCCOCC(COP(=O)(O)CCNC)OC(C)=O. The standard InChI is InChI=1S/C27H56NO6P/c1-4-5-6-7-8-9-10-11-12-13-14-15-16-17-18-19-20-22-32-24-27(34-26(2)29)25-33-35(30,31)23-21-28-3/h27-28H,4-25H2,1-3H3,(H,30,31). The van der Waals surface area contributed by atoms with Crippen LogP contribution in [0.25, 0.3) is 0 Å². The molecule has 0 radical (unpaired) electrons. The molecule has 0 rings (SSSR count). The lowest BCUT2D eigenvalue weighted by Crippen LogP contribution is -2.28. The first-order valence-electron chi connectivity index (χ1n) is 14.3. The minimum atomic E-state index is -3.70. The van der Waals surface area contributed by atoms with E-state index in [0.717, 1.165) is 12.8 Å². The van der Waals surface area contributed by atoms with Gasteiger partial charge in [-0.1, -0.05) is 110 Å². The number of nitrogens with one attached hydrogen (secondary N) is 1. The molecule has 0 aliphatic rings. The Kier molecular flexibility index (Phi) is 24.9. The minimum Gasteiger partial charge on any atom is -0.458 e. The van der Waals surface area contributed by atoms with Crippen LogP contribution < -0.4 is 5.32 Å². The molecule has 0 saturated heterocycles. The second-order valence-corrected chi connectivity index (χ2v) is 11.7. The van der Waals surface area contributed by atoms with Crippen molar-refractivity contribution < 1.29 is 28.3 Å². The molecule has 0 aromatic carbocycles. The zero-order valence-corrected chi connectivity index (χ0v) is 24.0. The molecule has 0 saturated carbocycles. The summed E-state index contributed by atoms with van der Waals surface area (Å²) >= 11 is 0.